The van der Waals surface area contributed by atoms with E-state index in [1.165, 1.54) is 12.8 Å². The smallest absolute Gasteiger partial charge is 0.253 e. The first-order valence-corrected chi connectivity index (χ1v) is 7.89. The van der Waals surface area contributed by atoms with Gasteiger partial charge in [0.15, 0.2) is 0 Å². The fourth-order valence-corrected chi connectivity index (χ4v) is 3.32. The molecule has 1 aromatic rings. The van der Waals surface area contributed by atoms with Crippen LogP contribution in [-0.2, 0) is 4.79 Å². The number of rotatable bonds is 2. The van der Waals surface area contributed by atoms with E-state index in [0.717, 1.165) is 18.4 Å². The summed E-state index contributed by atoms with van der Waals surface area (Å²) < 4.78 is 0. The van der Waals surface area contributed by atoms with E-state index in [1.54, 1.807) is 0 Å². The van der Waals surface area contributed by atoms with Crippen LogP contribution in [0.2, 0.25) is 0 Å². The Labute approximate surface area is 125 Å². The molecule has 1 aliphatic carbocycles. The van der Waals surface area contributed by atoms with Gasteiger partial charge in [0.05, 0.1) is 0 Å². The van der Waals surface area contributed by atoms with Crippen molar-refractivity contribution in [3.8, 4) is 0 Å². The summed E-state index contributed by atoms with van der Waals surface area (Å²) in [5, 5.41) is 0. The number of carbonyl (C=O) groups excluding carboxylic acids is 2. The maximum Gasteiger partial charge on any atom is 0.253 e. The highest BCUT2D eigenvalue weighted by Crippen LogP contribution is 2.27. The number of amides is 2. The summed E-state index contributed by atoms with van der Waals surface area (Å²) in [4.78, 5) is 28.5. The maximum atomic E-state index is 12.4. The fraction of sp³-hybridized carbons (Fsp3) is 0.529. The van der Waals surface area contributed by atoms with E-state index in [9.17, 15) is 9.59 Å². The predicted molar refractivity (Wildman–Crippen MR) is 80.9 cm³/mol. The highest BCUT2D eigenvalue weighted by Gasteiger charge is 2.30. The molecule has 4 nitrogen and oxygen atoms in total. The Balaban J connectivity index is 1.55. The summed E-state index contributed by atoms with van der Waals surface area (Å²) in [5.41, 5.74) is 0.730. The van der Waals surface area contributed by atoms with Crippen LogP contribution < -0.4 is 0 Å². The van der Waals surface area contributed by atoms with Gasteiger partial charge in [-0.15, -0.1) is 0 Å². The minimum absolute atomic E-state index is 0.0727. The average Bonchev–Trinajstić information content (AvgIpc) is 3.09. The van der Waals surface area contributed by atoms with E-state index >= 15 is 0 Å². The van der Waals surface area contributed by atoms with E-state index in [0.29, 0.717) is 32.1 Å². The molecular weight excluding hydrogens is 264 g/mol. The Hall–Kier alpha value is -1.84. The van der Waals surface area contributed by atoms with Crippen molar-refractivity contribution in [2.45, 2.75) is 25.7 Å². The Bertz CT molecular complexity index is 501. The van der Waals surface area contributed by atoms with Crippen molar-refractivity contribution in [1.29, 1.82) is 0 Å². The topological polar surface area (TPSA) is 40.6 Å². The molecule has 0 atom stereocenters. The van der Waals surface area contributed by atoms with Crippen molar-refractivity contribution in [2.75, 3.05) is 26.2 Å². The van der Waals surface area contributed by atoms with Crippen LogP contribution in [0, 0.1) is 5.92 Å². The standard InChI is InChI=1S/C17H22N2O2/c20-16(14-6-2-1-3-7-14)18-10-12-19(13-11-18)17(21)15-8-4-5-9-15/h1-3,6-7,15H,4-5,8-13H2. The van der Waals surface area contributed by atoms with Crippen molar-refractivity contribution < 1.29 is 9.59 Å². The third-order valence-corrected chi connectivity index (χ3v) is 4.60. The Morgan fingerprint density at radius 2 is 1.43 bits per heavy atom. The molecule has 2 fully saturated rings. The molecule has 21 heavy (non-hydrogen) atoms. The lowest BCUT2D eigenvalue weighted by Crippen LogP contribution is -2.51. The van der Waals surface area contributed by atoms with Crippen LogP contribution in [0.1, 0.15) is 36.0 Å². The molecule has 2 amide bonds. The normalized spacial score (nSPS) is 19.8. The first-order chi connectivity index (χ1) is 10.3. The first-order valence-electron chi connectivity index (χ1n) is 7.89. The minimum atomic E-state index is 0.0727. The molecule has 2 aliphatic rings. The molecule has 0 radical (unpaired) electrons. The zero-order valence-electron chi connectivity index (χ0n) is 12.3. The van der Waals surface area contributed by atoms with Crippen LogP contribution >= 0.6 is 0 Å². The summed E-state index contributed by atoms with van der Waals surface area (Å²) in [7, 11) is 0. The molecule has 4 heteroatoms. The summed E-state index contributed by atoms with van der Waals surface area (Å²) in [6.07, 6.45) is 4.45. The average molecular weight is 286 g/mol. The summed E-state index contributed by atoms with van der Waals surface area (Å²) >= 11 is 0. The highest BCUT2D eigenvalue weighted by atomic mass is 16.2. The molecule has 1 saturated heterocycles. The molecule has 0 aromatic heterocycles. The molecule has 1 saturated carbocycles. The number of carbonyl (C=O) groups is 2. The second-order valence-corrected chi connectivity index (χ2v) is 5.96. The van der Waals surface area contributed by atoms with Gasteiger partial charge in [-0.25, -0.2) is 0 Å². The molecule has 0 spiro atoms. The summed E-state index contributed by atoms with van der Waals surface area (Å²) in [6.45, 7) is 2.64. The van der Waals surface area contributed by atoms with Crippen LogP contribution in [0.4, 0.5) is 0 Å². The van der Waals surface area contributed by atoms with Crippen LogP contribution in [0.25, 0.3) is 0 Å². The number of hydrogen-bond acceptors (Lipinski definition) is 2. The van der Waals surface area contributed by atoms with Crippen molar-refractivity contribution >= 4 is 11.8 Å². The maximum absolute atomic E-state index is 12.4. The summed E-state index contributed by atoms with van der Waals surface area (Å²) in [5.74, 6) is 0.615. The van der Waals surface area contributed by atoms with Crippen LogP contribution in [-0.4, -0.2) is 47.8 Å². The van der Waals surface area contributed by atoms with Gasteiger partial charge in [0.2, 0.25) is 5.91 Å². The lowest BCUT2D eigenvalue weighted by molar-refractivity contribution is -0.136. The van der Waals surface area contributed by atoms with Gasteiger partial charge >= 0.3 is 0 Å². The van der Waals surface area contributed by atoms with Gasteiger partial charge < -0.3 is 9.80 Å². The molecule has 112 valence electrons. The molecule has 1 aromatic carbocycles. The van der Waals surface area contributed by atoms with Gasteiger partial charge in [0.25, 0.3) is 5.91 Å². The van der Waals surface area contributed by atoms with Gasteiger partial charge in [-0.2, -0.15) is 0 Å². The van der Waals surface area contributed by atoms with Crippen molar-refractivity contribution in [1.82, 2.24) is 9.80 Å². The van der Waals surface area contributed by atoms with E-state index in [2.05, 4.69) is 0 Å². The monoisotopic (exact) mass is 286 g/mol. The number of hydrogen-bond donors (Lipinski definition) is 0. The van der Waals surface area contributed by atoms with Crippen LogP contribution in [0.15, 0.2) is 30.3 Å². The largest absolute Gasteiger partial charge is 0.339 e. The van der Waals surface area contributed by atoms with Crippen LogP contribution in [0.5, 0.6) is 0 Å². The van der Waals surface area contributed by atoms with Gasteiger partial charge in [0.1, 0.15) is 0 Å². The molecule has 0 unspecified atom stereocenters. The van der Waals surface area contributed by atoms with Gasteiger partial charge in [-0.05, 0) is 25.0 Å². The van der Waals surface area contributed by atoms with Crippen molar-refractivity contribution in [3.63, 3.8) is 0 Å². The molecule has 1 heterocycles. The number of benzene rings is 1. The van der Waals surface area contributed by atoms with E-state index < -0.39 is 0 Å². The van der Waals surface area contributed by atoms with Gasteiger partial charge in [0, 0.05) is 37.7 Å². The van der Waals surface area contributed by atoms with Crippen molar-refractivity contribution in [3.05, 3.63) is 35.9 Å². The minimum Gasteiger partial charge on any atom is -0.339 e. The second-order valence-electron chi connectivity index (χ2n) is 5.96. The zero-order valence-corrected chi connectivity index (χ0v) is 12.3. The second kappa shape index (κ2) is 6.29. The third kappa shape index (κ3) is 3.09. The number of piperazine rings is 1. The SMILES string of the molecule is O=C(c1ccccc1)N1CCN(C(=O)C2CCCC2)CC1. The summed E-state index contributed by atoms with van der Waals surface area (Å²) in [6, 6.07) is 9.37. The predicted octanol–water partition coefficient (Wildman–Crippen LogP) is 2.16. The lowest BCUT2D eigenvalue weighted by atomic mass is 10.1. The van der Waals surface area contributed by atoms with Gasteiger partial charge in [-0.1, -0.05) is 31.0 Å². The molecular formula is C17H22N2O2. The van der Waals surface area contributed by atoms with E-state index in [4.69, 9.17) is 0 Å². The highest BCUT2D eigenvalue weighted by molar-refractivity contribution is 5.94. The molecule has 0 N–H and O–H groups in total. The molecule has 3 rings (SSSR count). The van der Waals surface area contributed by atoms with Crippen LogP contribution in [0.3, 0.4) is 0 Å². The lowest BCUT2D eigenvalue weighted by Gasteiger charge is -2.36. The zero-order chi connectivity index (χ0) is 14.7. The Morgan fingerprint density at radius 1 is 0.857 bits per heavy atom. The number of nitrogens with zero attached hydrogens (tertiary/aromatic N) is 2. The fourth-order valence-electron chi connectivity index (χ4n) is 3.32. The Morgan fingerprint density at radius 3 is 2.05 bits per heavy atom. The van der Waals surface area contributed by atoms with E-state index in [-0.39, 0.29) is 11.8 Å². The van der Waals surface area contributed by atoms with Gasteiger partial charge in [-0.3, -0.25) is 9.59 Å². The third-order valence-electron chi connectivity index (χ3n) is 4.60. The van der Waals surface area contributed by atoms with E-state index in [1.807, 2.05) is 40.1 Å². The first kappa shape index (κ1) is 14.1. The van der Waals surface area contributed by atoms with Crippen molar-refractivity contribution in [2.24, 2.45) is 5.92 Å². The molecule has 1 aliphatic heterocycles. The molecule has 0 bridgehead atoms. The quantitative estimate of drug-likeness (QED) is 0.836. The Kier molecular flexibility index (Phi) is 4.23.